The number of piperidine rings is 1. The van der Waals surface area contributed by atoms with Crippen LogP contribution in [0.2, 0.25) is 0 Å². The van der Waals surface area contributed by atoms with Gasteiger partial charge in [-0.15, -0.1) is 5.10 Å². The molecule has 1 saturated heterocycles. The Morgan fingerprint density at radius 3 is 2.40 bits per heavy atom. The SMILES string of the molecule is Cn1nc(Br)nc1C1CCN(C(=O)OC(C)(C)C)CC1. The van der Waals surface area contributed by atoms with Gasteiger partial charge in [0, 0.05) is 26.1 Å². The number of hydrogen-bond donors (Lipinski definition) is 0. The summed E-state index contributed by atoms with van der Waals surface area (Å²) in [6.45, 7) is 7.05. The molecule has 0 unspecified atom stereocenters. The number of hydrogen-bond acceptors (Lipinski definition) is 4. The van der Waals surface area contributed by atoms with Gasteiger partial charge in [0.05, 0.1) is 0 Å². The van der Waals surface area contributed by atoms with Crippen molar-refractivity contribution >= 4 is 22.0 Å². The van der Waals surface area contributed by atoms with Crippen molar-refractivity contribution < 1.29 is 9.53 Å². The molecule has 1 fully saturated rings. The third-order valence-electron chi connectivity index (χ3n) is 3.28. The van der Waals surface area contributed by atoms with Gasteiger partial charge in [-0.05, 0) is 49.5 Å². The van der Waals surface area contributed by atoms with Crippen molar-refractivity contribution in [2.45, 2.75) is 45.1 Å². The first kappa shape index (κ1) is 15.3. The predicted octanol–water partition coefficient (Wildman–Crippen LogP) is 2.69. The summed E-state index contributed by atoms with van der Waals surface area (Å²) in [5.74, 6) is 1.32. The van der Waals surface area contributed by atoms with Crippen molar-refractivity contribution in [1.82, 2.24) is 19.7 Å². The molecule has 0 aliphatic carbocycles. The highest BCUT2D eigenvalue weighted by Crippen LogP contribution is 2.27. The average molecular weight is 345 g/mol. The second kappa shape index (κ2) is 5.71. The highest BCUT2D eigenvalue weighted by atomic mass is 79.9. The monoisotopic (exact) mass is 344 g/mol. The maximum absolute atomic E-state index is 12.0. The molecule has 1 aromatic heterocycles. The van der Waals surface area contributed by atoms with Crippen molar-refractivity contribution in [1.29, 1.82) is 0 Å². The normalized spacial score (nSPS) is 17.4. The van der Waals surface area contributed by atoms with Crippen LogP contribution in [-0.4, -0.2) is 44.4 Å². The van der Waals surface area contributed by atoms with E-state index in [1.165, 1.54) is 0 Å². The first-order chi connectivity index (χ1) is 9.26. The average Bonchev–Trinajstić information content (AvgIpc) is 2.66. The number of carbonyl (C=O) groups is 1. The Kier molecular flexibility index (Phi) is 4.36. The first-order valence-corrected chi connectivity index (χ1v) is 7.60. The highest BCUT2D eigenvalue weighted by Gasteiger charge is 2.29. The second-order valence-corrected chi connectivity index (χ2v) is 6.81. The highest BCUT2D eigenvalue weighted by molar-refractivity contribution is 9.10. The lowest BCUT2D eigenvalue weighted by molar-refractivity contribution is 0.0202. The van der Waals surface area contributed by atoms with Gasteiger partial charge in [0.1, 0.15) is 11.4 Å². The molecule has 20 heavy (non-hydrogen) atoms. The largest absolute Gasteiger partial charge is 0.444 e. The van der Waals surface area contributed by atoms with Crippen molar-refractivity contribution in [3.8, 4) is 0 Å². The zero-order chi connectivity index (χ0) is 14.9. The maximum atomic E-state index is 12.0. The molecule has 112 valence electrons. The van der Waals surface area contributed by atoms with E-state index >= 15 is 0 Å². The molecular formula is C13H21BrN4O2. The standard InChI is InChI=1S/C13H21BrN4O2/c1-13(2,3)20-12(19)18-7-5-9(6-8-18)10-15-11(14)16-17(10)4/h9H,5-8H2,1-4H3. The van der Waals surface area contributed by atoms with E-state index in [2.05, 4.69) is 26.0 Å². The molecule has 7 heteroatoms. The predicted molar refractivity (Wildman–Crippen MR) is 78.5 cm³/mol. The smallest absolute Gasteiger partial charge is 0.410 e. The Balaban J connectivity index is 1.92. The Hall–Kier alpha value is -1.11. The summed E-state index contributed by atoms with van der Waals surface area (Å²) in [6.07, 6.45) is 1.55. The number of halogens is 1. The Morgan fingerprint density at radius 2 is 1.95 bits per heavy atom. The molecule has 6 nitrogen and oxygen atoms in total. The summed E-state index contributed by atoms with van der Waals surface area (Å²) in [5, 5.41) is 4.21. The molecule has 0 atom stereocenters. The number of aromatic nitrogens is 3. The lowest BCUT2D eigenvalue weighted by Crippen LogP contribution is -2.41. The molecular weight excluding hydrogens is 324 g/mol. The maximum Gasteiger partial charge on any atom is 0.410 e. The summed E-state index contributed by atoms with van der Waals surface area (Å²) >= 11 is 3.29. The van der Waals surface area contributed by atoms with Gasteiger partial charge in [0.15, 0.2) is 0 Å². The van der Waals surface area contributed by atoms with E-state index in [0.717, 1.165) is 18.7 Å². The molecule has 0 aromatic carbocycles. The number of amides is 1. The number of ether oxygens (including phenoxy) is 1. The molecule has 0 radical (unpaired) electrons. The van der Waals surface area contributed by atoms with Crippen LogP contribution in [0.15, 0.2) is 4.73 Å². The Morgan fingerprint density at radius 1 is 1.35 bits per heavy atom. The minimum atomic E-state index is -0.442. The molecule has 1 amide bonds. The summed E-state index contributed by atoms with van der Waals surface area (Å²) < 4.78 is 7.81. The Labute approximate surface area is 127 Å². The van der Waals surface area contributed by atoms with Gasteiger partial charge in [-0.1, -0.05) is 0 Å². The fraction of sp³-hybridized carbons (Fsp3) is 0.769. The van der Waals surface area contributed by atoms with Crippen LogP contribution < -0.4 is 0 Å². The van der Waals surface area contributed by atoms with Crippen LogP contribution in [-0.2, 0) is 11.8 Å². The van der Waals surface area contributed by atoms with E-state index in [9.17, 15) is 4.79 Å². The minimum absolute atomic E-state index is 0.227. The van der Waals surface area contributed by atoms with Gasteiger partial charge >= 0.3 is 6.09 Å². The number of rotatable bonds is 1. The fourth-order valence-electron chi connectivity index (χ4n) is 2.37. The first-order valence-electron chi connectivity index (χ1n) is 6.80. The molecule has 1 aliphatic heterocycles. The van der Waals surface area contributed by atoms with Gasteiger partial charge in [0.25, 0.3) is 0 Å². The van der Waals surface area contributed by atoms with E-state index in [4.69, 9.17) is 4.74 Å². The zero-order valence-electron chi connectivity index (χ0n) is 12.4. The quantitative estimate of drug-likeness (QED) is 0.785. The molecule has 2 rings (SSSR count). The van der Waals surface area contributed by atoms with Gasteiger partial charge in [-0.2, -0.15) is 0 Å². The van der Waals surface area contributed by atoms with Crippen LogP contribution in [0.5, 0.6) is 0 Å². The van der Waals surface area contributed by atoms with Crippen LogP contribution in [0, 0.1) is 0 Å². The minimum Gasteiger partial charge on any atom is -0.444 e. The lowest BCUT2D eigenvalue weighted by atomic mass is 9.96. The summed E-state index contributed by atoms with van der Waals surface area (Å²) in [5.41, 5.74) is -0.442. The van der Waals surface area contributed by atoms with Crippen molar-refractivity contribution in [3.05, 3.63) is 10.6 Å². The summed E-state index contributed by atoms with van der Waals surface area (Å²) in [6, 6.07) is 0. The molecule has 0 saturated carbocycles. The van der Waals surface area contributed by atoms with Gasteiger partial charge in [-0.25, -0.2) is 9.78 Å². The van der Waals surface area contributed by atoms with Gasteiger partial charge < -0.3 is 9.64 Å². The summed E-state index contributed by atoms with van der Waals surface area (Å²) in [4.78, 5) is 18.2. The van der Waals surface area contributed by atoms with Crippen LogP contribution in [0.25, 0.3) is 0 Å². The molecule has 1 aliphatic rings. The lowest BCUT2D eigenvalue weighted by Gasteiger charge is -2.33. The number of aryl methyl sites for hydroxylation is 1. The molecule has 0 N–H and O–H groups in total. The molecule has 0 bridgehead atoms. The van der Waals surface area contributed by atoms with E-state index < -0.39 is 5.60 Å². The molecule has 0 spiro atoms. The van der Waals surface area contributed by atoms with Crippen LogP contribution in [0.1, 0.15) is 45.4 Å². The zero-order valence-corrected chi connectivity index (χ0v) is 14.0. The van der Waals surface area contributed by atoms with Gasteiger partial charge in [-0.3, -0.25) is 4.68 Å². The van der Waals surface area contributed by atoms with Gasteiger partial charge in [0.2, 0.25) is 4.73 Å². The van der Waals surface area contributed by atoms with Crippen LogP contribution >= 0.6 is 15.9 Å². The van der Waals surface area contributed by atoms with E-state index in [-0.39, 0.29) is 6.09 Å². The third-order valence-corrected chi connectivity index (χ3v) is 3.62. The topological polar surface area (TPSA) is 60.2 Å². The van der Waals surface area contributed by atoms with Crippen LogP contribution in [0.3, 0.4) is 0 Å². The number of likely N-dealkylation sites (tertiary alicyclic amines) is 1. The van der Waals surface area contributed by atoms with Crippen molar-refractivity contribution in [3.63, 3.8) is 0 Å². The third kappa shape index (κ3) is 3.71. The van der Waals surface area contributed by atoms with Crippen molar-refractivity contribution in [2.24, 2.45) is 7.05 Å². The van der Waals surface area contributed by atoms with E-state index in [1.54, 1.807) is 9.58 Å². The molecule has 2 heterocycles. The number of carbonyl (C=O) groups excluding carboxylic acids is 1. The number of nitrogens with zero attached hydrogens (tertiary/aromatic N) is 4. The Bertz CT molecular complexity index is 487. The van der Waals surface area contributed by atoms with Crippen molar-refractivity contribution in [2.75, 3.05) is 13.1 Å². The van der Waals surface area contributed by atoms with E-state index in [1.807, 2.05) is 27.8 Å². The second-order valence-electron chi connectivity index (χ2n) is 6.10. The fourth-order valence-corrected chi connectivity index (χ4v) is 2.79. The molecule has 1 aromatic rings. The van der Waals surface area contributed by atoms with Crippen LogP contribution in [0.4, 0.5) is 4.79 Å². The summed E-state index contributed by atoms with van der Waals surface area (Å²) in [7, 11) is 1.90. The van der Waals surface area contributed by atoms with E-state index in [0.29, 0.717) is 23.7 Å².